The predicted molar refractivity (Wildman–Crippen MR) is 125 cm³/mol. The first kappa shape index (κ1) is 21.2. The Balaban J connectivity index is 1.54. The predicted octanol–water partition coefficient (Wildman–Crippen LogP) is 5.94. The van der Waals surface area contributed by atoms with Gasteiger partial charge in [-0.3, -0.25) is 4.79 Å². The summed E-state index contributed by atoms with van der Waals surface area (Å²) in [6.45, 7) is 4.06. The van der Waals surface area contributed by atoms with Gasteiger partial charge >= 0.3 is 0 Å². The highest BCUT2D eigenvalue weighted by Gasteiger charge is 2.24. The highest BCUT2D eigenvalue weighted by atomic mass is 16.5. The molecule has 3 nitrogen and oxygen atoms in total. The van der Waals surface area contributed by atoms with Gasteiger partial charge in [0, 0.05) is 0 Å². The summed E-state index contributed by atoms with van der Waals surface area (Å²) in [5.74, 6) is 0.699. The average molecular weight is 414 g/mol. The Morgan fingerprint density at radius 2 is 1.65 bits per heavy atom. The van der Waals surface area contributed by atoms with Crippen LogP contribution in [0.25, 0.3) is 0 Å². The van der Waals surface area contributed by atoms with E-state index in [0.717, 1.165) is 29.7 Å². The summed E-state index contributed by atoms with van der Waals surface area (Å²) >= 11 is 0. The van der Waals surface area contributed by atoms with Crippen LogP contribution in [0.1, 0.15) is 60.0 Å². The molecule has 0 fully saturated rings. The molecule has 160 valence electrons. The molecule has 3 aromatic rings. The van der Waals surface area contributed by atoms with Crippen molar-refractivity contribution < 1.29 is 9.53 Å². The maximum atomic E-state index is 13.3. The van der Waals surface area contributed by atoms with E-state index in [1.165, 1.54) is 29.5 Å². The van der Waals surface area contributed by atoms with Crippen LogP contribution in [0.4, 0.5) is 0 Å². The number of carbonyl (C=O) groups excluding carboxylic acids is 1. The van der Waals surface area contributed by atoms with Crippen molar-refractivity contribution in [2.45, 2.75) is 58.1 Å². The zero-order valence-corrected chi connectivity index (χ0v) is 18.4. The highest BCUT2D eigenvalue weighted by Crippen LogP contribution is 2.27. The molecule has 0 saturated carbocycles. The van der Waals surface area contributed by atoms with E-state index in [0.29, 0.717) is 6.42 Å². The third-order valence-corrected chi connectivity index (χ3v) is 6.06. The Kier molecular flexibility index (Phi) is 6.71. The van der Waals surface area contributed by atoms with Crippen molar-refractivity contribution in [1.82, 2.24) is 5.32 Å². The Labute approximate surface area is 185 Å². The normalized spacial score (nSPS) is 14.9. The van der Waals surface area contributed by atoms with Gasteiger partial charge < -0.3 is 10.1 Å². The molecule has 1 aliphatic rings. The molecule has 2 atom stereocenters. The molecule has 1 amide bonds. The van der Waals surface area contributed by atoms with Crippen molar-refractivity contribution in [2.24, 2.45) is 0 Å². The minimum absolute atomic E-state index is 0.0874. The average Bonchev–Trinajstić information content (AvgIpc) is 2.81. The summed E-state index contributed by atoms with van der Waals surface area (Å²) in [4.78, 5) is 13.3. The maximum Gasteiger partial charge on any atom is 0.261 e. The van der Waals surface area contributed by atoms with Gasteiger partial charge in [0.2, 0.25) is 0 Å². The molecule has 0 bridgehead atoms. The molecule has 0 aromatic heterocycles. The topological polar surface area (TPSA) is 38.3 Å². The third-order valence-electron chi connectivity index (χ3n) is 6.06. The maximum absolute atomic E-state index is 13.3. The van der Waals surface area contributed by atoms with Crippen molar-refractivity contribution in [1.29, 1.82) is 0 Å². The second-order valence-electron chi connectivity index (χ2n) is 8.42. The molecule has 1 N–H and O–H groups in total. The molecular formula is C28H31NO2. The minimum Gasteiger partial charge on any atom is -0.481 e. The fourth-order valence-electron chi connectivity index (χ4n) is 4.36. The van der Waals surface area contributed by atoms with E-state index >= 15 is 0 Å². The van der Waals surface area contributed by atoms with Crippen LogP contribution in [0.3, 0.4) is 0 Å². The van der Waals surface area contributed by atoms with Gasteiger partial charge in [0.05, 0.1) is 6.04 Å². The van der Waals surface area contributed by atoms with Crippen LogP contribution >= 0.6 is 0 Å². The molecule has 4 rings (SSSR count). The SMILES string of the molecule is CC[C@H](Oc1ccc2c(c1)CCCC2)C(=O)N[C@@H](c1ccccc1)c1cccc(C)c1. The Hall–Kier alpha value is -3.07. The van der Waals surface area contributed by atoms with Crippen molar-refractivity contribution >= 4 is 5.91 Å². The van der Waals surface area contributed by atoms with Gasteiger partial charge in [-0.05, 0) is 73.4 Å². The van der Waals surface area contributed by atoms with Gasteiger partial charge in [-0.15, -0.1) is 0 Å². The van der Waals surface area contributed by atoms with Gasteiger partial charge in [0.1, 0.15) is 5.75 Å². The van der Waals surface area contributed by atoms with Gasteiger partial charge in [-0.25, -0.2) is 0 Å². The van der Waals surface area contributed by atoms with Crippen molar-refractivity contribution in [3.63, 3.8) is 0 Å². The second-order valence-corrected chi connectivity index (χ2v) is 8.42. The molecule has 3 aromatic carbocycles. The van der Waals surface area contributed by atoms with Crippen LogP contribution in [0.2, 0.25) is 0 Å². The fraction of sp³-hybridized carbons (Fsp3) is 0.321. The van der Waals surface area contributed by atoms with E-state index in [1.807, 2.05) is 37.3 Å². The second kappa shape index (κ2) is 9.82. The Morgan fingerprint density at radius 3 is 2.39 bits per heavy atom. The number of nitrogens with one attached hydrogen (secondary N) is 1. The summed E-state index contributed by atoms with van der Waals surface area (Å²) in [6.07, 6.45) is 4.80. The van der Waals surface area contributed by atoms with Crippen LogP contribution in [-0.2, 0) is 17.6 Å². The smallest absolute Gasteiger partial charge is 0.261 e. The van der Waals surface area contributed by atoms with E-state index in [4.69, 9.17) is 4.74 Å². The first-order valence-electron chi connectivity index (χ1n) is 11.3. The molecule has 0 unspecified atom stereocenters. The summed E-state index contributed by atoms with van der Waals surface area (Å²) in [6, 6.07) is 24.5. The zero-order valence-electron chi connectivity index (χ0n) is 18.4. The molecule has 0 aliphatic heterocycles. The molecule has 0 heterocycles. The zero-order chi connectivity index (χ0) is 21.6. The summed E-state index contributed by atoms with van der Waals surface area (Å²) < 4.78 is 6.18. The molecule has 0 saturated heterocycles. The van der Waals surface area contributed by atoms with E-state index in [-0.39, 0.29) is 11.9 Å². The van der Waals surface area contributed by atoms with E-state index in [2.05, 4.69) is 54.7 Å². The van der Waals surface area contributed by atoms with Crippen molar-refractivity contribution in [2.75, 3.05) is 0 Å². The third kappa shape index (κ3) is 5.16. The van der Waals surface area contributed by atoms with Gasteiger partial charge in [0.25, 0.3) is 5.91 Å². The Bertz CT molecular complexity index is 1030. The number of rotatable bonds is 7. The number of amides is 1. The molecular weight excluding hydrogens is 382 g/mol. The lowest BCUT2D eigenvalue weighted by molar-refractivity contribution is -0.128. The summed E-state index contributed by atoms with van der Waals surface area (Å²) in [5, 5.41) is 3.25. The molecule has 1 aliphatic carbocycles. The van der Waals surface area contributed by atoms with Crippen molar-refractivity contribution in [3.8, 4) is 5.75 Å². The standard InChI is InChI=1S/C28H31NO2/c1-3-26(31-25-17-16-21-11-7-8-14-23(21)19-25)28(30)29-27(22-12-5-4-6-13-22)24-15-9-10-20(2)18-24/h4-6,9-10,12-13,15-19,26-27H,3,7-8,11,14H2,1-2H3,(H,29,30)/t26-,27-/m0/s1. The number of hydrogen-bond acceptors (Lipinski definition) is 2. The van der Waals surface area contributed by atoms with E-state index in [1.54, 1.807) is 0 Å². The molecule has 3 heteroatoms. The number of benzene rings is 3. The molecule has 0 radical (unpaired) electrons. The number of carbonyl (C=O) groups is 1. The minimum atomic E-state index is -0.530. The van der Waals surface area contributed by atoms with Crippen LogP contribution in [0.5, 0.6) is 5.75 Å². The lowest BCUT2D eigenvalue weighted by Crippen LogP contribution is -2.40. The van der Waals surface area contributed by atoms with Crippen molar-refractivity contribution in [3.05, 3.63) is 101 Å². The fourth-order valence-corrected chi connectivity index (χ4v) is 4.36. The highest BCUT2D eigenvalue weighted by molar-refractivity contribution is 5.82. The quantitative estimate of drug-likeness (QED) is 0.521. The lowest BCUT2D eigenvalue weighted by atomic mass is 9.92. The first-order valence-corrected chi connectivity index (χ1v) is 11.3. The lowest BCUT2D eigenvalue weighted by Gasteiger charge is -2.24. The number of fused-ring (bicyclic) bond motifs is 1. The Morgan fingerprint density at radius 1 is 0.903 bits per heavy atom. The van der Waals surface area contributed by atoms with E-state index < -0.39 is 6.10 Å². The van der Waals surface area contributed by atoms with Crippen LogP contribution < -0.4 is 10.1 Å². The van der Waals surface area contributed by atoms with Gasteiger partial charge in [-0.1, -0.05) is 73.2 Å². The van der Waals surface area contributed by atoms with E-state index in [9.17, 15) is 4.79 Å². The number of aryl methyl sites for hydroxylation is 3. The monoisotopic (exact) mass is 413 g/mol. The van der Waals surface area contributed by atoms with Crippen LogP contribution in [0.15, 0.2) is 72.8 Å². The van der Waals surface area contributed by atoms with Crippen LogP contribution in [0, 0.1) is 6.92 Å². The van der Waals surface area contributed by atoms with Gasteiger partial charge in [0.15, 0.2) is 6.10 Å². The van der Waals surface area contributed by atoms with Crippen LogP contribution in [-0.4, -0.2) is 12.0 Å². The molecule has 31 heavy (non-hydrogen) atoms. The number of hydrogen-bond donors (Lipinski definition) is 1. The number of ether oxygens (including phenoxy) is 1. The first-order chi connectivity index (χ1) is 15.1. The largest absolute Gasteiger partial charge is 0.481 e. The van der Waals surface area contributed by atoms with Gasteiger partial charge in [-0.2, -0.15) is 0 Å². The molecule has 0 spiro atoms. The summed E-state index contributed by atoms with van der Waals surface area (Å²) in [5.41, 5.74) is 6.08. The summed E-state index contributed by atoms with van der Waals surface area (Å²) in [7, 11) is 0.